The zero-order valence-electron chi connectivity index (χ0n) is 18.6. The summed E-state index contributed by atoms with van der Waals surface area (Å²) >= 11 is 6.12. The smallest absolute Gasteiger partial charge is 0.243 e. The molecule has 1 saturated carbocycles. The van der Waals surface area contributed by atoms with Gasteiger partial charge in [-0.3, -0.25) is 0 Å². The maximum atomic E-state index is 13.1. The molecule has 3 N–H and O–H groups in total. The molecule has 1 atom stereocenters. The van der Waals surface area contributed by atoms with E-state index in [0.29, 0.717) is 35.6 Å². The van der Waals surface area contributed by atoms with Crippen LogP contribution in [0.2, 0.25) is 5.02 Å². The minimum absolute atomic E-state index is 0.108. The lowest BCUT2D eigenvalue weighted by Crippen LogP contribution is -2.40. The van der Waals surface area contributed by atoms with E-state index < -0.39 is 16.1 Å². The minimum Gasteiger partial charge on any atom is -0.493 e. The number of anilines is 1. The van der Waals surface area contributed by atoms with E-state index in [1.54, 1.807) is 12.1 Å². The van der Waals surface area contributed by atoms with Gasteiger partial charge in [0, 0.05) is 17.1 Å². The Balaban J connectivity index is 1.60. The van der Waals surface area contributed by atoms with E-state index >= 15 is 0 Å². The normalized spacial score (nSPS) is 19.4. The Bertz CT molecular complexity index is 963. The van der Waals surface area contributed by atoms with Crippen LogP contribution in [0.4, 0.5) is 5.69 Å². The highest BCUT2D eigenvalue weighted by Gasteiger charge is 2.31. The minimum atomic E-state index is -3.84. The fraction of sp³-hybridized carbons (Fsp3) is 0.500. The van der Waals surface area contributed by atoms with Gasteiger partial charge in [-0.1, -0.05) is 43.6 Å². The Morgan fingerprint density at radius 2 is 1.84 bits per heavy atom. The van der Waals surface area contributed by atoms with Gasteiger partial charge in [0.05, 0.1) is 18.9 Å². The van der Waals surface area contributed by atoms with E-state index in [1.807, 2.05) is 30.3 Å². The summed E-state index contributed by atoms with van der Waals surface area (Å²) in [4.78, 5) is 0.108. The SMILES string of the molecule is CC(C)CCC(CO)NS(=O)(=O)c1cc(Cl)ccc1NC1CC(COc2ccccc2)C1. The number of benzene rings is 2. The second-order valence-electron chi connectivity index (χ2n) is 8.92. The van der Waals surface area contributed by atoms with Crippen molar-refractivity contribution in [3.05, 3.63) is 53.6 Å². The molecule has 0 amide bonds. The van der Waals surface area contributed by atoms with Gasteiger partial charge in [0.15, 0.2) is 0 Å². The summed E-state index contributed by atoms with van der Waals surface area (Å²) in [6.07, 6.45) is 3.19. The first-order valence-electron chi connectivity index (χ1n) is 11.1. The zero-order chi connectivity index (χ0) is 23.1. The summed E-state index contributed by atoms with van der Waals surface area (Å²) in [7, 11) is -3.84. The van der Waals surface area contributed by atoms with Gasteiger partial charge in [-0.25, -0.2) is 13.1 Å². The maximum Gasteiger partial charge on any atom is 0.243 e. The number of sulfonamides is 1. The van der Waals surface area contributed by atoms with Crippen LogP contribution in [0.25, 0.3) is 0 Å². The molecule has 3 rings (SSSR count). The van der Waals surface area contributed by atoms with Gasteiger partial charge in [-0.2, -0.15) is 0 Å². The second-order valence-corrected chi connectivity index (χ2v) is 11.0. The predicted octanol–water partition coefficient (Wildman–Crippen LogP) is 4.68. The van der Waals surface area contributed by atoms with Crippen LogP contribution < -0.4 is 14.8 Å². The molecule has 1 fully saturated rings. The molecular weight excluding hydrogens is 448 g/mol. The topological polar surface area (TPSA) is 87.7 Å². The highest BCUT2D eigenvalue weighted by molar-refractivity contribution is 7.89. The summed E-state index contributed by atoms with van der Waals surface area (Å²) in [5.41, 5.74) is 0.523. The van der Waals surface area contributed by atoms with Crippen molar-refractivity contribution >= 4 is 27.3 Å². The molecule has 0 aromatic heterocycles. The van der Waals surface area contributed by atoms with Gasteiger partial charge in [-0.15, -0.1) is 0 Å². The fourth-order valence-electron chi connectivity index (χ4n) is 3.78. The molecule has 0 heterocycles. The highest BCUT2D eigenvalue weighted by atomic mass is 35.5. The van der Waals surface area contributed by atoms with Crippen LogP contribution >= 0.6 is 11.6 Å². The third-order valence-corrected chi connectivity index (χ3v) is 7.49. The summed E-state index contributed by atoms with van der Waals surface area (Å²) < 4.78 is 34.6. The van der Waals surface area contributed by atoms with Gasteiger partial charge >= 0.3 is 0 Å². The van der Waals surface area contributed by atoms with E-state index in [4.69, 9.17) is 16.3 Å². The monoisotopic (exact) mass is 480 g/mol. The van der Waals surface area contributed by atoms with Crippen LogP contribution in [0.15, 0.2) is 53.4 Å². The Hall–Kier alpha value is -1.80. The molecule has 1 aliphatic carbocycles. The van der Waals surface area contributed by atoms with Gasteiger partial charge in [-0.05, 0) is 67.9 Å². The van der Waals surface area contributed by atoms with E-state index in [9.17, 15) is 13.5 Å². The molecule has 176 valence electrons. The van der Waals surface area contributed by atoms with Crippen LogP contribution in [-0.2, 0) is 10.0 Å². The van der Waals surface area contributed by atoms with Gasteiger partial charge in [0.1, 0.15) is 10.6 Å². The Morgan fingerprint density at radius 1 is 1.12 bits per heavy atom. The van der Waals surface area contributed by atoms with Crippen LogP contribution in [-0.4, -0.2) is 38.8 Å². The van der Waals surface area contributed by atoms with Crippen LogP contribution in [0.1, 0.15) is 39.5 Å². The average molecular weight is 481 g/mol. The van der Waals surface area contributed by atoms with Gasteiger partial charge in [0.25, 0.3) is 0 Å². The molecule has 6 nitrogen and oxygen atoms in total. The lowest BCUT2D eigenvalue weighted by Gasteiger charge is -2.36. The van der Waals surface area contributed by atoms with Crippen LogP contribution in [0, 0.1) is 11.8 Å². The lowest BCUT2D eigenvalue weighted by atomic mass is 9.81. The fourth-order valence-corrected chi connectivity index (χ4v) is 5.48. The van der Waals surface area contributed by atoms with Crippen molar-refractivity contribution in [3.63, 3.8) is 0 Å². The Kier molecular flexibility index (Phi) is 8.82. The van der Waals surface area contributed by atoms with Crippen molar-refractivity contribution < 1.29 is 18.3 Å². The highest BCUT2D eigenvalue weighted by Crippen LogP contribution is 2.34. The molecule has 0 spiro atoms. The molecule has 32 heavy (non-hydrogen) atoms. The number of nitrogens with one attached hydrogen (secondary N) is 2. The number of aliphatic hydroxyl groups is 1. The first-order valence-corrected chi connectivity index (χ1v) is 13.0. The number of ether oxygens (including phenoxy) is 1. The largest absolute Gasteiger partial charge is 0.493 e. The van der Waals surface area contributed by atoms with Crippen LogP contribution in [0.3, 0.4) is 0 Å². The molecule has 8 heteroatoms. The van der Waals surface area contributed by atoms with Crippen molar-refractivity contribution in [3.8, 4) is 5.75 Å². The Labute approximate surface area is 196 Å². The van der Waals surface area contributed by atoms with Crippen molar-refractivity contribution in [1.82, 2.24) is 4.72 Å². The van der Waals surface area contributed by atoms with Crippen molar-refractivity contribution in [2.24, 2.45) is 11.8 Å². The number of halogens is 1. The molecule has 0 bridgehead atoms. The predicted molar refractivity (Wildman–Crippen MR) is 129 cm³/mol. The molecule has 2 aromatic rings. The summed E-state index contributed by atoms with van der Waals surface area (Å²) in [5.74, 6) is 1.71. The third kappa shape index (κ3) is 7.10. The lowest BCUT2D eigenvalue weighted by molar-refractivity contribution is 0.167. The van der Waals surface area contributed by atoms with Crippen LogP contribution in [0.5, 0.6) is 5.75 Å². The van der Waals surface area contributed by atoms with E-state index in [-0.39, 0.29) is 17.5 Å². The van der Waals surface area contributed by atoms with E-state index in [1.165, 1.54) is 6.07 Å². The Morgan fingerprint density at radius 3 is 2.50 bits per heavy atom. The third-order valence-electron chi connectivity index (χ3n) is 5.69. The number of hydrogen-bond donors (Lipinski definition) is 3. The quantitative estimate of drug-likeness (QED) is 0.410. The van der Waals surface area contributed by atoms with Crippen molar-refractivity contribution in [2.45, 2.75) is 56.5 Å². The summed E-state index contributed by atoms with van der Waals surface area (Å²) in [5, 5.41) is 13.3. The molecule has 0 aliphatic heterocycles. The van der Waals surface area contributed by atoms with Gasteiger partial charge < -0.3 is 15.2 Å². The summed E-state index contributed by atoms with van der Waals surface area (Å²) in [6.45, 7) is 4.53. The first kappa shape index (κ1) is 24.8. The molecule has 2 aromatic carbocycles. The molecule has 1 aliphatic rings. The second kappa shape index (κ2) is 11.4. The molecular formula is C24H33ClN2O4S. The maximum absolute atomic E-state index is 13.1. The van der Waals surface area contributed by atoms with Crippen molar-refractivity contribution in [2.75, 3.05) is 18.5 Å². The number of aliphatic hydroxyl groups excluding tert-OH is 1. The molecule has 1 unspecified atom stereocenters. The zero-order valence-corrected chi connectivity index (χ0v) is 20.2. The average Bonchev–Trinajstić information content (AvgIpc) is 2.74. The number of para-hydroxylation sites is 1. The van der Waals surface area contributed by atoms with E-state index in [2.05, 4.69) is 23.9 Å². The first-order chi connectivity index (χ1) is 15.3. The van der Waals surface area contributed by atoms with Gasteiger partial charge in [0.2, 0.25) is 10.0 Å². The standard InChI is InChI=1S/C24H33ClN2O4S/c1-17(2)8-10-20(15-28)27-32(29,30)24-14-19(25)9-11-23(24)26-21-12-18(13-21)16-31-22-6-4-3-5-7-22/h3-7,9,11,14,17-18,20-21,26-28H,8,10,12-13,15-16H2,1-2H3. The molecule has 0 radical (unpaired) electrons. The van der Waals surface area contributed by atoms with E-state index in [0.717, 1.165) is 25.0 Å². The number of rotatable bonds is 12. The molecule has 0 saturated heterocycles. The number of hydrogen-bond acceptors (Lipinski definition) is 5. The summed E-state index contributed by atoms with van der Waals surface area (Å²) in [6, 6.07) is 14.2. The van der Waals surface area contributed by atoms with Crippen molar-refractivity contribution in [1.29, 1.82) is 0 Å².